The minimum Gasteiger partial charge on any atom is -0.329 e. The van der Waals surface area contributed by atoms with Crippen LogP contribution < -0.4 is 5.73 Å². The number of likely N-dealkylation sites (N-methyl/N-ethyl adjacent to an activating group) is 1. The number of rotatable bonds is 3. The average Bonchev–Trinajstić information content (AvgIpc) is 3.09. The van der Waals surface area contributed by atoms with Gasteiger partial charge in [0, 0.05) is 56.9 Å². The van der Waals surface area contributed by atoms with E-state index in [1.54, 1.807) is 0 Å². The van der Waals surface area contributed by atoms with E-state index in [9.17, 15) is 0 Å². The molecule has 3 aliphatic rings. The van der Waals surface area contributed by atoms with Gasteiger partial charge in [0.1, 0.15) is 0 Å². The van der Waals surface area contributed by atoms with Crippen molar-refractivity contribution in [1.29, 1.82) is 0 Å². The highest BCUT2D eigenvalue weighted by molar-refractivity contribution is 5.03. The maximum atomic E-state index is 6.20. The normalized spacial score (nSPS) is 38.9. The van der Waals surface area contributed by atoms with Crippen molar-refractivity contribution in [3.05, 3.63) is 0 Å². The fourth-order valence-corrected chi connectivity index (χ4v) is 4.73. The molecule has 4 nitrogen and oxygen atoms in total. The molecule has 2 aliphatic heterocycles. The lowest BCUT2D eigenvalue weighted by molar-refractivity contribution is 0.0266. The first-order valence-electron chi connectivity index (χ1n) is 8.54. The van der Waals surface area contributed by atoms with Gasteiger partial charge in [0.2, 0.25) is 0 Å². The third kappa shape index (κ3) is 2.63. The Morgan fingerprint density at radius 3 is 2.25 bits per heavy atom. The van der Waals surface area contributed by atoms with Crippen LogP contribution in [0.3, 0.4) is 0 Å². The van der Waals surface area contributed by atoms with E-state index in [4.69, 9.17) is 5.73 Å². The summed E-state index contributed by atoms with van der Waals surface area (Å²) in [6, 6.07) is 1.56. The molecule has 2 unspecified atom stereocenters. The summed E-state index contributed by atoms with van der Waals surface area (Å²) in [5, 5.41) is 0. The van der Waals surface area contributed by atoms with Crippen LogP contribution in [-0.4, -0.2) is 78.6 Å². The maximum absolute atomic E-state index is 6.20. The van der Waals surface area contributed by atoms with E-state index in [0.717, 1.165) is 19.1 Å². The minimum atomic E-state index is 0.246. The van der Waals surface area contributed by atoms with E-state index in [1.807, 2.05) is 0 Å². The van der Waals surface area contributed by atoms with Gasteiger partial charge in [0.25, 0.3) is 0 Å². The predicted octanol–water partition coefficient (Wildman–Crippen LogP) is 0.968. The van der Waals surface area contributed by atoms with Gasteiger partial charge in [-0.2, -0.15) is 0 Å². The van der Waals surface area contributed by atoms with Crippen LogP contribution in [0.5, 0.6) is 0 Å². The van der Waals surface area contributed by atoms with Crippen molar-refractivity contribution in [3.63, 3.8) is 0 Å². The number of hydrogen-bond donors (Lipinski definition) is 1. The molecule has 0 bridgehead atoms. The van der Waals surface area contributed by atoms with Crippen LogP contribution in [0.15, 0.2) is 0 Å². The molecule has 0 radical (unpaired) electrons. The number of hydrogen-bond acceptors (Lipinski definition) is 4. The Morgan fingerprint density at radius 2 is 1.75 bits per heavy atom. The molecular weight excluding hydrogens is 248 g/mol. The Hall–Kier alpha value is -0.160. The zero-order chi connectivity index (χ0) is 14.2. The van der Waals surface area contributed by atoms with E-state index in [-0.39, 0.29) is 5.54 Å². The Morgan fingerprint density at radius 1 is 1.10 bits per heavy atom. The molecule has 2 atom stereocenters. The molecule has 0 aromatic carbocycles. The third-order valence-electron chi connectivity index (χ3n) is 6.18. The van der Waals surface area contributed by atoms with E-state index < -0.39 is 0 Å². The SMILES string of the molecule is CC1CC(CN)(N2CCN(C3CCCC3)CC2)CN1C. The highest BCUT2D eigenvalue weighted by atomic mass is 15.4. The first-order chi connectivity index (χ1) is 9.64. The molecule has 2 saturated heterocycles. The molecule has 20 heavy (non-hydrogen) atoms. The fraction of sp³-hybridized carbons (Fsp3) is 1.00. The lowest BCUT2D eigenvalue weighted by Crippen LogP contribution is -2.62. The summed E-state index contributed by atoms with van der Waals surface area (Å²) in [7, 11) is 2.25. The molecule has 0 amide bonds. The van der Waals surface area contributed by atoms with Gasteiger partial charge in [0.15, 0.2) is 0 Å². The number of nitrogens with zero attached hydrogens (tertiary/aromatic N) is 3. The van der Waals surface area contributed by atoms with Gasteiger partial charge in [-0.15, -0.1) is 0 Å². The Kier molecular flexibility index (Phi) is 4.37. The van der Waals surface area contributed by atoms with Crippen LogP contribution in [0, 0.1) is 0 Å². The second-order valence-corrected chi connectivity index (χ2v) is 7.36. The Labute approximate surface area is 124 Å². The van der Waals surface area contributed by atoms with Crippen LogP contribution in [0.2, 0.25) is 0 Å². The summed E-state index contributed by atoms with van der Waals surface area (Å²) in [5.41, 5.74) is 6.44. The summed E-state index contributed by atoms with van der Waals surface area (Å²) in [6.45, 7) is 9.24. The molecule has 2 N–H and O–H groups in total. The van der Waals surface area contributed by atoms with Crippen LogP contribution in [0.25, 0.3) is 0 Å². The van der Waals surface area contributed by atoms with Crippen molar-refractivity contribution in [2.45, 2.75) is 56.7 Å². The Balaban J connectivity index is 1.59. The summed E-state index contributed by atoms with van der Waals surface area (Å²) >= 11 is 0. The largest absolute Gasteiger partial charge is 0.329 e. The zero-order valence-corrected chi connectivity index (χ0v) is 13.4. The van der Waals surface area contributed by atoms with Crippen molar-refractivity contribution in [2.75, 3.05) is 46.3 Å². The topological polar surface area (TPSA) is 35.7 Å². The summed E-state index contributed by atoms with van der Waals surface area (Å²) in [4.78, 5) is 7.93. The lowest BCUT2D eigenvalue weighted by Gasteiger charge is -2.46. The number of nitrogens with two attached hydrogens (primary N) is 1. The van der Waals surface area contributed by atoms with Crippen molar-refractivity contribution in [1.82, 2.24) is 14.7 Å². The van der Waals surface area contributed by atoms with E-state index in [1.165, 1.54) is 58.3 Å². The lowest BCUT2D eigenvalue weighted by atomic mass is 9.93. The second kappa shape index (κ2) is 5.91. The molecule has 4 heteroatoms. The van der Waals surface area contributed by atoms with Gasteiger partial charge in [-0.1, -0.05) is 12.8 Å². The molecule has 0 aromatic heterocycles. The van der Waals surface area contributed by atoms with E-state index >= 15 is 0 Å². The first kappa shape index (κ1) is 14.8. The van der Waals surface area contributed by atoms with Gasteiger partial charge in [-0.05, 0) is 33.2 Å². The first-order valence-corrected chi connectivity index (χ1v) is 8.54. The van der Waals surface area contributed by atoms with Crippen molar-refractivity contribution in [2.24, 2.45) is 5.73 Å². The highest BCUT2D eigenvalue weighted by Gasteiger charge is 2.45. The van der Waals surface area contributed by atoms with Crippen LogP contribution in [0.4, 0.5) is 0 Å². The summed E-state index contributed by atoms with van der Waals surface area (Å²) < 4.78 is 0. The quantitative estimate of drug-likeness (QED) is 0.835. The summed E-state index contributed by atoms with van der Waals surface area (Å²) in [5.74, 6) is 0. The molecule has 116 valence electrons. The fourth-order valence-electron chi connectivity index (χ4n) is 4.73. The minimum absolute atomic E-state index is 0.246. The predicted molar refractivity (Wildman–Crippen MR) is 83.9 cm³/mol. The van der Waals surface area contributed by atoms with Gasteiger partial charge in [0.05, 0.1) is 0 Å². The second-order valence-electron chi connectivity index (χ2n) is 7.36. The van der Waals surface area contributed by atoms with Crippen molar-refractivity contribution < 1.29 is 0 Å². The average molecular weight is 280 g/mol. The molecule has 3 fully saturated rings. The molecule has 1 saturated carbocycles. The number of piperazine rings is 1. The van der Waals surface area contributed by atoms with Crippen LogP contribution in [0.1, 0.15) is 39.0 Å². The van der Waals surface area contributed by atoms with Gasteiger partial charge < -0.3 is 10.6 Å². The molecule has 0 aromatic rings. The third-order valence-corrected chi connectivity index (χ3v) is 6.18. The van der Waals surface area contributed by atoms with Gasteiger partial charge in [-0.3, -0.25) is 9.80 Å². The molecule has 2 heterocycles. The number of likely N-dealkylation sites (tertiary alicyclic amines) is 1. The van der Waals surface area contributed by atoms with E-state index in [0.29, 0.717) is 6.04 Å². The molecular formula is C16H32N4. The van der Waals surface area contributed by atoms with Gasteiger partial charge in [-0.25, -0.2) is 0 Å². The van der Waals surface area contributed by atoms with E-state index in [2.05, 4.69) is 28.7 Å². The van der Waals surface area contributed by atoms with Crippen LogP contribution >= 0.6 is 0 Å². The molecule has 1 aliphatic carbocycles. The standard InChI is InChI=1S/C16H32N4/c1-14-11-16(12-17,13-18(14)2)20-9-7-19(8-10-20)15-5-3-4-6-15/h14-15H,3-13,17H2,1-2H3. The molecule has 3 rings (SSSR count). The highest BCUT2D eigenvalue weighted by Crippen LogP contribution is 2.32. The van der Waals surface area contributed by atoms with Crippen molar-refractivity contribution in [3.8, 4) is 0 Å². The van der Waals surface area contributed by atoms with Crippen LogP contribution in [-0.2, 0) is 0 Å². The molecule has 0 spiro atoms. The smallest absolute Gasteiger partial charge is 0.0474 e. The maximum Gasteiger partial charge on any atom is 0.0474 e. The van der Waals surface area contributed by atoms with Gasteiger partial charge >= 0.3 is 0 Å². The summed E-state index contributed by atoms with van der Waals surface area (Å²) in [6.07, 6.45) is 6.99. The van der Waals surface area contributed by atoms with Crippen molar-refractivity contribution >= 4 is 0 Å². The Bertz CT molecular complexity index is 308. The zero-order valence-electron chi connectivity index (χ0n) is 13.4. The monoisotopic (exact) mass is 280 g/mol.